The number of hydrogen-bond donors (Lipinski definition) is 2. The molecule has 1 aliphatic carbocycles. The summed E-state index contributed by atoms with van der Waals surface area (Å²) < 4.78 is 0. The van der Waals surface area contributed by atoms with Crippen LogP contribution in [0.3, 0.4) is 0 Å². The summed E-state index contributed by atoms with van der Waals surface area (Å²) in [6.07, 6.45) is 8.96. The number of likely N-dealkylation sites (tertiary alicyclic amines) is 1. The van der Waals surface area contributed by atoms with E-state index in [4.69, 9.17) is 5.11 Å². The number of nitrogens with zero attached hydrogens (tertiary/aromatic N) is 1. The van der Waals surface area contributed by atoms with E-state index >= 15 is 0 Å². The van der Waals surface area contributed by atoms with Crippen LogP contribution in [0.1, 0.15) is 51.4 Å². The first-order valence-corrected chi connectivity index (χ1v) is 6.86. The lowest BCUT2D eigenvalue weighted by Crippen LogP contribution is -2.48. The highest BCUT2D eigenvalue weighted by molar-refractivity contribution is 4.86. The molecule has 94 valence electrons. The van der Waals surface area contributed by atoms with E-state index in [0.29, 0.717) is 18.7 Å². The third-order valence-electron chi connectivity index (χ3n) is 4.27. The second kappa shape index (κ2) is 5.99. The monoisotopic (exact) mass is 227 g/mol. The Morgan fingerprint density at radius 2 is 1.75 bits per heavy atom. The van der Waals surface area contributed by atoms with Gasteiger partial charge in [0, 0.05) is 18.7 Å². The van der Waals surface area contributed by atoms with Gasteiger partial charge in [0.25, 0.3) is 0 Å². The maximum Gasteiger partial charge on any atom is 0.0541 e. The maximum atomic E-state index is 9.54. The first-order chi connectivity index (χ1) is 7.81. The van der Waals surface area contributed by atoms with Crippen molar-refractivity contribution in [1.29, 1.82) is 0 Å². The van der Waals surface area contributed by atoms with Gasteiger partial charge in [-0.25, -0.2) is 0 Å². The van der Waals surface area contributed by atoms with Gasteiger partial charge in [0.05, 0.1) is 6.10 Å². The number of aliphatic hydroxyl groups excluding tert-OH is 2. The molecule has 1 atom stereocenters. The van der Waals surface area contributed by atoms with Gasteiger partial charge < -0.3 is 10.2 Å². The highest BCUT2D eigenvalue weighted by atomic mass is 16.3. The second-order valence-electron chi connectivity index (χ2n) is 5.36. The van der Waals surface area contributed by atoms with E-state index in [1.807, 2.05) is 0 Å². The lowest BCUT2D eigenvalue weighted by atomic mass is 9.88. The van der Waals surface area contributed by atoms with Crippen LogP contribution in [0.2, 0.25) is 0 Å². The molecule has 2 aliphatic rings. The normalized spacial score (nSPS) is 37.5. The largest absolute Gasteiger partial charge is 0.396 e. The fourth-order valence-electron chi connectivity index (χ4n) is 3.35. The zero-order valence-corrected chi connectivity index (χ0v) is 10.1. The third kappa shape index (κ3) is 2.96. The van der Waals surface area contributed by atoms with Crippen LogP contribution in [0.15, 0.2) is 0 Å². The molecule has 2 rings (SSSR count). The highest BCUT2D eigenvalue weighted by Gasteiger charge is 2.30. The molecule has 1 unspecified atom stereocenters. The van der Waals surface area contributed by atoms with E-state index in [2.05, 4.69) is 4.90 Å². The summed E-state index contributed by atoms with van der Waals surface area (Å²) >= 11 is 0. The highest BCUT2D eigenvalue weighted by Crippen LogP contribution is 2.29. The van der Waals surface area contributed by atoms with Crippen molar-refractivity contribution in [1.82, 2.24) is 4.90 Å². The Morgan fingerprint density at radius 3 is 2.44 bits per heavy atom. The Bertz CT molecular complexity index is 200. The number of aliphatic hydroxyl groups is 2. The van der Waals surface area contributed by atoms with Crippen LogP contribution in [-0.4, -0.2) is 46.5 Å². The molecular formula is C13H25NO2. The number of hydrogen-bond acceptors (Lipinski definition) is 3. The van der Waals surface area contributed by atoms with Crippen molar-refractivity contribution < 1.29 is 10.2 Å². The summed E-state index contributed by atoms with van der Waals surface area (Å²) in [7, 11) is 0. The van der Waals surface area contributed by atoms with Gasteiger partial charge in [-0.15, -0.1) is 0 Å². The van der Waals surface area contributed by atoms with Crippen LogP contribution in [0.4, 0.5) is 0 Å². The van der Waals surface area contributed by atoms with Crippen molar-refractivity contribution >= 4 is 0 Å². The Hall–Kier alpha value is -0.120. The van der Waals surface area contributed by atoms with Crippen molar-refractivity contribution in [3.8, 4) is 0 Å². The van der Waals surface area contributed by atoms with Crippen LogP contribution >= 0.6 is 0 Å². The average Bonchev–Trinajstić information content (AvgIpc) is 2.32. The Morgan fingerprint density at radius 1 is 1.00 bits per heavy atom. The summed E-state index contributed by atoms with van der Waals surface area (Å²) in [5.41, 5.74) is 0. The summed E-state index contributed by atoms with van der Waals surface area (Å²) in [6, 6.07) is 1.26. The van der Waals surface area contributed by atoms with Crippen LogP contribution in [0.25, 0.3) is 0 Å². The Kier molecular flexibility index (Phi) is 4.62. The number of piperidine rings is 1. The van der Waals surface area contributed by atoms with E-state index in [1.165, 1.54) is 25.8 Å². The van der Waals surface area contributed by atoms with E-state index in [-0.39, 0.29) is 6.10 Å². The zero-order chi connectivity index (χ0) is 11.4. The minimum atomic E-state index is -0.0580. The van der Waals surface area contributed by atoms with Gasteiger partial charge >= 0.3 is 0 Å². The molecule has 16 heavy (non-hydrogen) atoms. The predicted octanol–water partition coefficient (Wildman–Crippen LogP) is 1.53. The second-order valence-corrected chi connectivity index (χ2v) is 5.36. The molecule has 0 radical (unpaired) electrons. The fraction of sp³-hybridized carbons (Fsp3) is 1.00. The molecule has 1 saturated heterocycles. The quantitative estimate of drug-likeness (QED) is 0.768. The van der Waals surface area contributed by atoms with Crippen molar-refractivity contribution in [2.75, 3.05) is 13.2 Å². The molecule has 0 bridgehead atoms. The maximum absolute atomic E-state index is 9.54. The summed E-state index contributed by atoms with van der Waals surface area (Å²) in [5.74, 6) is 0. The van der Waals surface area contributed by atoms with Gasteiger partial charge in [-0.05, 0) is 51.5 Å². The molecule has 2 fully saturated rings. The third-order valence-corrected chi connectivity index (χ3v) is 4.27. The molecule has 3 nitrogen and oxygen atoms in total. The van der Waals surface area contributed by atoms with Crippen molar-refractivity contribution in [2.24, 2.45) is 0 Å². The van der Waals surface area contributed by atoms with Crippen LogP contribution < -0.4 is 0 Å². The van der Waals surface area contributed by atoms with Crippen LogP contribution in [0, 0.1) is 0 Å². The van der Waals surface area contributed by atoms with E-state index in [1.54, 1.807) is 0 Å². The molecule has 0 aromatic heterocycles. The molecule has 1 heterocycles. The molecule has 1 saturated carbocycles. The van der Waals surface area contributed by atoms with Gasteiger partial charge in [0.15, 0.2) is 0 Å². The van der Waals surface area contributed by atoms with Gasteiger partial charge in [-0.3, -0.25) is 4.90 Å². The lowest BCUT2D eigenvalue weighted by molar-refractivity contribution is 0.0273. The summed E-state index contributed by atoms with van der Waals surface area (Å²) in [5, 5.41) is 18.6. The minimum Gasteiger partial charge on any atom is -0.396 e. The topological polar surface area (TPSA) is 43.7 Å². The first-order valence-electron chi connectivity index (χ1n) is 6.86. The molecule has 0 aromatic carbocycles. The van der Waals surface area contributed by atoms with Crippen molar-refractivity contribution in [3.05, 3.63) is 0 Å². The average molecular weight is 227 g/mol. The molecule has 0 aromatic rings. The molecular weight excluding hydrogens is 202 g/mol. The molecule has 3 heteroatoms. The van der Waals surface area contributed by atoms with Gasteiger partial charge in [0.1, 0.15) is 0 Å². The Labute approximate surface area is 98.5 Å². The van der Waals surface area contributed by atoms with E-state index in [9.17, 15) is 5.11 Å². The van der Waals surface area contributed by atoms with Crippen LogP contribution in [-0.2, 0) is 0 Å². The van der Waals surface area contributed by atoms with E-state index in [0.717, 1.165) is 32.1 Å². The number of rotatable bonds is 3. The van der Waals surface area contributed by atoms with Gasteiger partial charge in [-0.2, -0.15) is 0 Å². The smallest absolute Gasteiger partial charge is 0.0541 e. The SMILES string of the molecule is OCCC1CCCCN1C1CCC(O)CC1. The standard InChI is InChI=1S/C13H25NO2/c15-10-8-11-3-1-2-9-14(11)12-4-6-13(16)7-5-12/h11-13,15-16H,1-10H2. The molecule has 0 amide bonds. The summed E-state index contributed by atoms with van der Waals surface area (Å²) in [4.78, 5) is 2.62. The predicted molar refractivity (Wildman–Crippen MR) is 64.3 cm³/mol. The van der Waals surface area contributed by atoms with Crippen molar-refractivity contribution in [2.45, 2.75) is 69.6 Å². The molecule has 1 aliphatic heterocycles. The fourth-order valence-corrected chi connectivity index (χ4v) is 3.35. The molecule has 2 N–H and O–H groups in total. The van der Waals surface area contributed by atoms with Crippen molar-refractivity contribution in [3.63, 3.8) is 0 Å². The van der Waals surface area contributed by atoms with E-state index < -0.39 is 0 Å². The summed E-state index contributed by atoms with van der Waals surface area (Å²) in [6.45, 7) is 1.52. The Balaban J connectivity index is 1.89. The van der Waals surface area contributed by atoms with Gasteiger partial charge in [0.2, 0.25) is 0 Å². The minimum absolute atomic E-state index is 0.0580. The van der Waals surface area contributed by atoms with Gasteiger partial charge in [-0.1, -0.05) is 6.42 Å². The van der Waals surface area contributed by atoms with Crippen LogP contribution in [0.5, 0.6) is 0 Å². The zero-order valence-electron chi connectivity index (χ0n) is 10.1. The molecule has 0 spiro atoms. The lowest BCUT2D eigenvalue weighted by Gasteiger charge is -2.43. The first kappa shape index (κ1) is 12.3.